The Morgan fingerprint density at radius 2 is 0.243 bits per heavy atom. The predicted octanol–water partition coefficient (Wildman–Crippen LogP) is 39.4. The summed E-state index contributed by atoms with van der Waals surface area (Å²) in [6, 6.07) is 187. The molecule has 24 rings (SSSR count). The summed E-state index contributed by atoms with van der Waals surface area (Å²) in [6.07, 6.45) is 0. The van der Waals surface area contributed by atoms with Crippen molar-refractivity contribution in [3.05, 3.63) is 510 Å². The number of hydrogen-bond donors (Lipinski definition) is 0. The molecule has 0 unspecified atom stereocenters. The molecule has 0 aliphatic heterocycles. The minimum atomic E-state index is 1.04. The highest BCUT2D eigenvalue weighted by atomic mass is 32.1. The van der Waals surface area contributed by atoms with Gasteiger partial charge in [0.25, 0.3) is 0 Å². The third kappa shape index (κ3) is 17.1. The first-order valence-electron chi connectivity index (χ1n) is 45.7. The summed E-state index contributed by atoms with van der Waals surface area (Å²) in [4.78, 5) is 20.8. The summed E-state index contributed by atoms with van der Waals surface area (Å²) >= 11 is 11.0. The van der Waals surface area contributed by atoms with E-state index >= 15 is 0 Å². The van der Waals surface area contributed by atoms with Crippen LogP contribution in [0.4, 0.5) is 68.2 Å². The van der Waals surface area contributed by atoms with Gasteiger partial charge >= 0.3 is 0 Å². The van der Waals surface area contributed by atoms with E-state index in [-0.39, 0.29) is 0 Å². The normalized spacial score (nSPS) is 11.4. The Bertz CT molecular complexity index is 7410. The molecular formula is C126H84N4S6. The Morgan fingerprint density at radius 1 is 0.103 bits per heavy atom. The van der Waals surface area contributed by atoms with Crippen molar-refractivity contribution >= 4 is 167 Å². The summed E-state index contributed by atoms with van der Waals surface area (Å²) < 4.78 is 3.87. The molecule has 0 spiro atoms. The van der Waals surface area contributed by atoms with Crippen LogP contribution in [-0.2, 0) is 0 Å². The fourth-order valence-corrected chi connectivity index (χ4v) is 24.6. The molecule has 0 saturated heterocycles. The molecule has 0 aliphatic rings. The summed E-state index contributed by atoms with van der Waals surface area (Å²) in [6.45, 7) is 0. The molecule has 18 aromatic carbocycles. The van der Waals surface area contributed by atoms with Crippen LogP contribution in [0.15, 0.2) is 510 Å². The molecule has 136 heavy (non-hydrogen) atoms. The van der Waals surface area contributed by atoms with Crippen molar-refractivity contribution in [1.29, 1.82) is 0 Å². The second-order valence-corrected chi connectivity index (χ2v) is 40.4. The fourth-order valence-electron chi connectivity index (χ4n) is 18.4. The van der Waals surface area contributed by atoms with E-state index in [0.717, 1.165) is 102 Å². The van der Waals surface area contributed by atoms with Crippen molar-refractivity contribution in [3.63, 3.8) is 0 Å². The van der Waals surface area contributed by atoms with Gasteiger partial charge in [-0.05, 0) is 318 Å². The second-order valence-electron chi connectivity index (χ2n) is 33.9. The van der Waals surface area contributed by atoms with Gasteiger partial charge in [0.1, 0.15) is 0 Å². The highest BCUT2D eigenvalue weighted by Gasteiger charge is 2.23. The van der Waals surface area contributed by atoms with Gasteiger partial charge in [-0.25, -0.2) is 0 Å². The Kier molecular flexibility index (Phi) is 22.6. The van der Waals surface area contributed by atoms with Crippen molar-refractivity contribution in [3.8, 4) is 127 Å². The number of thiophene rings is 6. The lowest BCUT2D eigenvalue weighted by Gasteiger charge is -2.27. The third-order valence-corrected chi connectivity index (χ3v) is 32.5. The van der Waals surface area contributed by atoms with E-state index < -0.39 is 0 Å². The van der Waals surface area contributed by atoms with E-state index in [9.17, 15) is 0 Å². The Balaban J connectivity index is 0.548. The van der Waals surface area contributed by atoms with E-state index in [0.29, 0.717) is 0 Å². The van der Waals surface area contributed by atoms with Crippen LogP contribution in [-0.4, -0.2) is 0 Å². The molecule has 644 valence electrons. The van der Waals surface area contributed by atoms with Gasteiger partial charge in [-0.15, -0.1) is 68.0 Å². The largest absolute Gasteiger partial charge is 0.311 e. The maximum Gasteiger partial charge on any atom is 0.0462 e. The van der Waals surface area contributed by atoms with Crippen LogP contribution in [0.1, 0.15) is 0 Å². The summed E-state index contributed by atoms with van der Waals surface area (Å²) in [5.74, 6) is 0. The lowest BCUT2D eigenvalue weighted by Crippen LogP contribution is -2.10. The quantitative estimate of drug-likeness (QED) is 0.0598. The highest BCUT2D eigenvalue weighted by Crippen LogP contribution is 2.49. The van der Waals surface area contributed by atoms with Crippen molar-refractivity contribution < 1.29 is 0 Å². The zero-order chi connectivity index (χ0) is 90.2. The van der Waals surface area contributed by atoms with E-state index in [4.69, 9.17) is 0 Å². The second kappa shape index (κ2) is 36.9. The molecule has 0 aliphatic carbocycles. The molecule has 24 aromatic rings. The maximum atomic E-state index is 2.38. The van der Waals surface area contributed by atoms with Crippen molar-refractivity contribution in [2.75, 3.05) is 19.6 Å². The average Bonchev–Trinajstić information content (AvgIpc) is 0.862. The number of benzene rings is 18. The number of fused-ring (bicyclic) bond motifs is 3. The highest BCUT2D eigenvalue weighted by molar-refractivity contribution is 7.23. The molecule has 0 atom stereocenters. The van der Waals surface area contributed by atoms with Crippen LogP contribution in [0.3, 0.4) is 0 Å². The minimum Gasteiger partial charge on any atom is -0.311 e. The molecule has 0 amide bonds. The molecule has 0 radical (unpaired) electrons. The van der Waals surface area contributed by atoms with Crippen molar-refractivity contribution in [2.45, 2.75) is 0 Å². The smallest absolute Gasteiger partial charge is 0.0462 e. The monoisotopic (exact) mass is 1840 g/mol. The van der Waals surface area contributed by atoms with Crippen molar-refractivity contribution in [1.82, 2.24) is 0 Å². The van der Waals surface area contributed by atoms with Gasteiger partial charge in [0.15, 0.2) is 0 Å². The minimum absolute atomic E-state index is 1.04. The average molecular weight is 1850 g/mol. The maximum absolute atomic E-state index is 2.38. The van der Waals surface area contributed by atoms with Crippen molar-refractivity contribution in [2.24, 2.45) is 0 Å². The summed E-state index contributed by atoms with van der Waals surface area (Å²) in [5.41, 5.74) is 30.4. The molecule has 0 saturated carbocycles. The lowest BCUT2D eigenvalue weighted by atomic mass is 10.0. The van der Waals surface area contributed by atoms with E-state index in [1.54, 1.807) is 0 Å². The van der Waals surface area contributed by atoms with Gasteiger partial charge in [-0.1, -0.05) is 291 Å². The van der Waals surface area contributed by atoms with E-state index in [2.05, 4.69) is 529 Å². The molecular weight excluding hydrogens is 1760 g/mol. The number of anilines is 12. The molecule has 0 fully saturated rings. The predicted molar refractivity (Wildman–Crippen MR) is 590 cm³/mol. The Morgan fingerprint density at radius 3 is 0.412 bits per heavy atom. The van der Waals surface area contributed by atoms with Crippen LogP contribution in [0.2, 0.25) is 0 Å². The molecule has 6 aromatic heterocycles. The van der Waals surface area contributed by atoms with Gasteiger partial charge in [0, 0.05) is 126 Å². The van der Waals surface area contributed by atoms with Crippen LogP contribution in [0.25, 0.3) is 158 Å². The zero-order valence-corrected chi connectivity index (χ0v) is 78.6. The van der Waals surface area contributed by atoms with E-state index in [1.807, 2.05) is 68.0 Å². The lowest BCUT2D eigenvalue weighted by molar-refractivity contribution is 1.28. The van der Waals surface area contributed by atoms with Crippen LogP contribution in [0.5, 0.6) is 0 Å². The zero-order valence-electron chi connectivity index (χ0n) is 73.7. The van der Waals surface area contributed by atoms with Crippen LogP contribution >= 0.6 is 68.0 Å². The van der Waals surface area contributed by atoms with Crippen LogP contribution in [0, 0.1) is 0 Å². The first-order valence-corrected chi connectivity index (χ1v) is 50.6. The van der Waals surface area contributed by atoms with Gasteiger partial charge in [0.05, 0.1) is 0 Å². The first-order chi connectivity index (χ1) is 67.3. The Hall–Kier alpha value is -15.9. The SMILES string of the molecule is c1ccc(-c2ccc(-c3ccc(N(c4ccc(-c5ccc(N(c6ccc(-c7ccc(N(c8ccc(-c9ccc(-c%10ccccc%10)s9)cc8)c8ccc(-c9cc%10ccccc%10s9)cc8)cc7)cc6)c6ccc(-c7ccc(N(c8ccc(-c9ccc(-c%10ccccc%10)s9)cc8)c8ccc(-c9cc%10ccccc%10s9)cc8)cc7)cc6)cc5)cc4)c4ccc(-c5cc6ccccc6s5)cc4)cc3)s2)cc1. The van der Waals surface area contributed by atoms with Gasteiger partial charge in [-0.3, -0.25) is 0 Å². The number of hydrogen-bond acceptors (Lipinski definition) is 10. The van der Waals surface area contributed by atoms with Gasteiger partial charge < -0.3 is 19.6 Å². The number of rotatable bonds is 24. The first kappa shape index (κ1) is 83.2. The molecule has 0 bridgehead atoms. The standard InChI is InChI=1S/C126H84N4S6/c1-4-16-91(17-5-1)118-76-79-121(131-118)94-40-64-109(65-41-94)128(112-70-46-97(47-71-112)124-82-100-22-10-13-25-115(100)134-124)106-58-34-88(35-59-106)85-28-52-103(53-29-85)127(104-54-30-86(31-55-104)89-36-60-107(61-37-89)129(113-72-48-98(49-73-113)125-83-101-23-11-14-26-116(101)135-125)110-66-42-95(43-67-110)122-80-77-119(132-122)92-18-6-2-7-19-92)105-56-32-87(33-57-105)90-38-62-108(63-39-90)130(114-74-50-99(51-75-114)126-84-102-24-12-15-27-117(102)136-126)111-68-44-96(45-69-111)123-81-78-120(133-123)93-20-8-3-9-21-93/h1-84H. The Labute approximate surface area is 815 Å². The fraction of sp³-hybridized carbons (Fsp3) is 0. The van der Waals surface area contributed by atoms with Crippen LogP contribution < -0.4 is 19.6 Å². The number of nitrogens with zero attached hydrogens (tertiary/aromatic N) is 4. The van der Waals surface area contributed by atoms with Gasteiger partial charge in [-0.2, -0.15) is 0 Å². The molecule has 6 heterocycles. The molecule has 0 N–H and O–H groups in total. The molecule has 4 nitrogen and oxygen atoms in total. The summed E-state index contributed by atoms with van der Waals surface area (Å²) in [5, 5.41) is 3.80. The molecule has 10 heteroatoms. The topological polar surface area (TPSA) is 13.0 Å². The van der Waals surface area contributed by atoms with E-state index in [1.165, 1.54) is 124 Å². The third-order valence-electron chi connectivity index (χ3n) is 25.5. The summed E-state index contributed by atoms with van der Waals surface area (Å²) in [7, 11) is 0. The van der Waals surface area contributed by atoms with Gasteiger partial charge in [0.2, 0.25) is 0 Å².